The molecule has 5 rings (SSSR count). The maximum Gasteiger partial charge on any atom is 0.408 e. The van der Waals surface area contributed by atoms with Crippen molar-refractivity contribution in [3.05, 3.63) is 0 Å². The van der Waals surface area contributed by atoms with Crippen LogP contribution in [0.25, 0.3) is 0 Å². The first-order chi connectivity index (χ1) is 11.2. The molecule has 5 fully saturated rings. The minimum Gasteiger partial charge on any atom is -0.465 e. The molecular weight excluding hydrogens is 320 g/mol. The van der Waals surface area contributed by atoms with E-state index in [9.17, 15) is 9.90 Å². The van der Waals surface area contributed by atoms with Crippen LogP contribution in [0.15, 0.2) is 0 Å². The molecule has 24 heavy (non-hydrogen) atoms. The van der Waals surface area contributed by atoms with Crippen molar-refractivity contribution < 1.29 is 9.90 Å². The van der Waals surface area contributed by atoms with Gasteiger partial charge in [-0.1, -0.05) is 0 Å². The lowest BCUT2D eigenvalue weighted by Gasteiger charge is -2.51. The van der Waals surface area contributed by atoms with E-state index < -0.39 is 6.09 Å². The number of hydrogen-bond donors (Lipinski definition) is 1. The Morgan fingerprint density at radius 1 is 1.25 bits per heavy atom. The monoisotopic (exact) mass is 352 g/mol. The summed E-state index contributed by atoms with van der Waals surface area (Å²) in [6.07, 6.45) is 5.37. The lowest BCUT2D eigenvalue weighted by atomic mass is 9.68. The van der Waals surface area contributed by atoms with E-state index in [0.717, 1.165) is 18.8 Å². The molecule has 4 saturated carbocycles. The Hall–Kier alpha value is -0.420. The second kappa shape index (κ2) is 5.54. The summed E-state index contributed by atoms with van der Waals surface area (Å²) in [4.78, 5) is 16.7. The highest BCUT2D eigenvalue weighted by molar-refractivity contribution is 7.99. The Morgan fingerprint density at radius 2 is 1.96 bits per heavy atom. The minimum atomic E-state index is -0.708. The topological polar surface area (TPSA) is 43.8 Å². The quantitative estimate of drug-likeness (QED) is 0.840. The van der Waals surface area contributed by atoms with Gasteiger partial charge in [-0.3, -0.25) is 4.90 Å². The number of carboxylic acid groups (broad SMARTS) is 1. The summed E-state index contributed by atoms with van der Waals surface area (Å²) < 4.78 is 0. The fraction of sp³-hybridized carbons (Fsp3) is 0.947. The van der Waals surface area contributed by atoms with Crippen LogP contribution in [0, 0.1) is 17.3 Å². The van der Waals surface area contributed by atoms with Crippen LogP contribution in [0.2, 0.25) is 0 Å². The zero-order valence-electron chi connectivity index (χ0n) is 15.4. The van der Waals surface area contributed by atoms with Crippen LogP contribution >= 0.6 is 11.8 Å². The summed E-state index contributed by atoms with van der Waals surface area (Å²) >= 11 is 2.07. The maximum absolute atomic E-state index is 12.2. The van der Waals surface area contributed by atoms with Crippen LogP contribution in [0.5, 0.6) is 0 Å². The molecule has 0 radical (unpaired) electrons. The van der Waals surface area contributed by atoms with Crippen molar-refractivity contribution in [2.24, 2.45) is 17.3 Å². The molecule has 4 unspecified atom stereocenters. The van der Waals surface area contributed by atoms with Gasteiger partial charge in [0, 0.05) is 36.7 Å². The first-order valence-electron chi connectivity index (χ1n) is 9.58. The molecule has 1 heterocycles. The Bertz CT molecular complexity index is 528. The SMILES string of the molecule is CC(C)(C)N(C(=O)O)C12CC3CC1CC(CN1CCSCC1)(C3)C2. The second-order valence-corrected chi connectivity index (χ2v) is 11.1. The van der Waals surface area contributed by atoms with Gasteiger partial charge in [0.15, 0.2) is 0 Å². The van der Waals surface area contributed by atoms with Crippen molar-refractivity contribution >= 4 is 17.9 Å². The molecule has 0 aromatic rings. The van der Waals surface area contributed by atoms with Gasteiger partial charge < -0.3 is 10.0 Å². The molecule has 0 aromatic heterocycles. The summed E-state index contributed by atoms with van der Waals surface area (Å²) in [5, 5.41) is 10.0. The molecule has 136 valence electrons. The first-order valence-corrected chi connectivity index (χ1v) is 10.7. The van der Waals surface area contributed by atoms with Crippen molar-refractivity contribution in [1.29, 1.82) is 0 Å². The second-order valence-electron chi connectivity index (χ2n) is 9.87. The van der Waals surface area contributed by atoms with Crippen LogP contribution in [-0.4, -0.2) is 63.2 Å². The average Bonchev–Trinajstić information content (AvgIpc) is 2.80. The van der Waals surface area contributed by atoms with Crippen LogP contribution in [-0.2, 0) is 0 Å². The van der Waals surface area contributed by atoms with E-state index in [1.165, 1.54) is 50.4 Å². The zero-order chi connectivity index (χ0) is 17.2. The number of nitrogens with zero attached hydrogens (tertiary/aromatic N) is 2. The third-order valence-electron chi connectivity index (χ3n) is 7.07. The number of thioether (sulfide) groups is 1. The fourth-order valence-corrected chi connectivity index (χ4v) is 7.92. The fourth-order valence-electron chi connectivity index (χ4n) is 6.95. The molecule has 4 atom stereocenters. The molecule has 4 nitrogen and oxygen atoms in total. The lowest BCUT2D eigenvalue weighted by molar-refractivity contribution is -0.0151. The standard InChI is InChI=1S/C19H32N2O2S/c1-17(2,3)21(16(22)23)19-10-14-8-15(19)11-18(9-14,12-19)13-20-4-6-24-7-5-20/h14-15H,4-13H2,1-3H3,(H,22,23). The Balaban J connectivity index is 1.61. The highest BCUT2D eigenvalue weighted by atomic mass is 32.2. The molecular formula is C19H32N2O2S. The maximum atomic E-state index is 12.2. The smallest absolute Gasteiger partial charge is 0.408 e. The van der Waals surface area contributed by atoms with Gasteiger partial charge in [-0.25, -0.2) is 4.79 Å². The van der Waals surface area contributed by atoms with Gasteiger partial charge in [0.1, 0.15) is 0 Å². The third-order valence-corrected chi connectivity index (χ3v) is 8.01. The van der Waals surface area contributed by atoms with Gasteiger partial charge in [0.2, 0.25) is 0 Å². The summed E-state index contributed by atoms with van der Waals surface area (Å²) in [5.74, 6) is 3.86. The van der Waals surface area contributed by atoms with Crippen LogP contribution in [0.3, 0.4) is 0 Å². The van der Waals surface area contributed by atoms with E-state index in [4.69, 9.17) is 0 Å². The molecule has 0 aromatic carbocycles. The van der Waals surface area contributed by atoms with Gasteiger partial charge in [-0.05, 0) is 70.1 Å². The van der Waals surface area contributed by atoms with Crippen LogP contribution in [0.4, 0.5) is 4.79 Å². The average molecular weight is 353 g/mol. The van der Waals surface area contributed by atoms with Crippen molar-refractivity contribution in [2.45, 2.75) is 64.0 Å². The molecule has 1 amide bonds. The number of hydrogen-bond acceptors (Lipinski definition) is 3. The number of carbonyl (C=O) groups is 1. The number of rotatable bonds is 3. The van der Waals surface area contributed by atoms with Gasteiger partial charge in [-0.15, -0.1) is 0 Å². The van der Waals surface area contributed by atoms with Gasteiger partial charge in [-0.2, -0.15) is 11.8 Å². The van der Waals surface area contributed by atoms with E-state index in [1.54, 1.807) is 0 Å². The molecule has 0 spiro atoms. The summed E-state index contributed by atoms with van der Waals surface area (Å²) in [7, 11) is 0. The van der Waals surface area contributed by atoms with Crippen LogP contribution in [0.1, 0.15) is 52.9 Å². The summed E-state index contributed by atoms with van der Waals surface area (Å²) in [6, 6.07) is 0. The van der Waals surface area contributed by atoms with Crippen molar-refractivity contribution in [2.75, 3.05) is 31.1 Å². The molecule has 4 aliphatic carbocycles. The van der Waals surface area contributed by atoms with Gasteiger partial charge >= 0.3 is 6.09 Å². The van der Waals surface area contributed by atoms with Gasteiger partial charge in [0.05, 0.1) is 5.54 Å². The van der Waals surface area contributed by atoms with E-state index in [0.29, 0.717) is 11.3 Å². The predicted molar refractivity (Wildman–Crippen MR) is 98.6 cm³/mol. The lowest BCUT2D eigenvalue weighted by Crippen LogP contribution is -2.61. The Kier molecular flexibility index (Phi) is 3.93. The molecule has 1 N–H and O–H groups in total. The summed E-state index contributed by atoms with van der Waals surface area (Å²) in [5.41, 5.74) is -0.0154. The molecule has 5 aliphatic rings. The predicted octanol–water partition coefficient (Wildman–Crippen LogP) is 3.76. The number of amides is 1. The van der Waals surface area contributed by atoms with E-state index >= 15 is 0 Å². The van der Waals surface area contributed by atoms with E-state index in [-0.39, 0.29) is 11.1 Å². The van der Waals surface area contributed by atoms with Crippen molar-refractivity contribution in [3.8, 4) is 0 Å². The molecule has 5 heteroatoms. The van der Waals surface area contributed by atoms with Crippen molar-refractivity contribution in [3.63, 3.8) is 0 Å². The summed E-state index contributed by atoms with van der Waals surface area (Å²) in [6.45, 7) is 9.87. The minimum absolute atomic E-state index is 0.0858. The third kappa shape index (κ3) is 2.57. The highest BCUT2D eigenvalue weighted by Crippen LogP contribution is 2.68. The van der Waals surface area contributed by atoms with E-state index in [1.807, 2.05) is 4.90 Å². The normalized spacial score (nSPS) is 41.8. The zero-order valence-corrected chi connectivity index (χ0v) is 16.2. The first kappa shape index (κ1) is 17.0. The Morgan fingerprint density at radius 3 is 2.58 bits per heavy atom. The largest absolute Gasteiger partial charge is 0.465 e. The Labute approximate surface area is 150 Å². The molecule has 1 aliphatic heterocycles. The molecule has 1 saturated heterocycles. The molecule has 4 bridgehead atoms. The highest BCUT2D eigenvalue weighted by Gasteiger charge is 2.68. The van der Waals surface area contributed by atoms with E-state index in [2.05, 4.69) is 37.4 Å². The van der Waals surface area contributed by atoms with Crippen LogP contribution < -0.4 is 0 Å². The van der Waals surface area contributed by atoms with Crippen molar-refractivity contribution in [1.82, 2.24) is 9.80 Å². The van der Waals surface area contributed by atoms with Gasteiger partial charge in [0.25, 0.3) is 0 Å².